The highest BCUT2D eigenvalue weighted by molar-refractivity contribution is 8.00. The average molecular weight is 1060 g/mol. The third kappa shape index (κ3) is 20.5. The molecule has 0 aliphatic rings. The second kappa shape index (κ2) is 28.2. The lowest BCUT2D eigenvalue weighted by atomic mass is 9.82. The van der Waals surface area contributed by atoms with Crippen molar-refractivity contribution in [3.05, 3.63) is 83.7 Å². The van der Waals surface area contributed by atoms with Crippen molar-refractivity contribution >= 4 is 65.2 Å². The Morgan fingerprint density at radius 1 is 0.795 bits per heavy atom. The molecule has 0 fully saturated rings. The van der Waals surface area contributed by atoms with Gasteiger partial charge in [-0.2, -0.15) is 13.2 Å². The molecule has 73 heavy (non-hydrogen) atoms. The Hall–Kier alpha value is -7.13. The number of aliphatic carboxylic acids is 4. The highest BCUT2D eigenvalue weighted by Crippen LogP contribution is 2.41. The van der Waals surface area contributed by atoms with E-state index in [1.54, 1.807) is 17.2 Å². The molecule has 1 heterocycles. The van der Waals surface area contributed by atoms with Crippen molar-refractivity contribution in [3.8, 4) is 11.1 Å². The van der Waals surface area contributed by atoms with Gasteiger partial charge in [0.15, 0.2) is 0 Å². The molecule has 0 bridgehead atoms. The summed E-state index contributed by atoms with van der Waals surface area (Å²) in [5.41, 5.74) is 18.6. The third-order valence-electron chi connectivity index (χ3n) is 10.6. The van der Waals surface area contributed by atoms with E-state index in [1.165, 1.54) is 6.92 Å². The van der Waals surface area contributed by atoms with E-state index < -0.39 is 133 Å². The number of rotatable bonds is 26. The predicted octanol–water partition coefficient (Wildman–Crippen LogP) is 2.54. The van der Waals surface area contributed by atoms with Crippen LogP contribution in [-0.4, -0.2) is 150 Å². The Morgan fingerprint density at radius 2 is 1.41 bits per heavy atom. The van der Waals surface area contributed by atoms with Crippen LogP contribution in [0.5, 0.6) is 0 Å². The monoisotopic (exact) mass is 1060 g/mol. The highest BCUT2D eigenvalue weighted by atomic mass is 32.2. The Morgan fingerprint density at radius 3 is 1.93 bits per heavy atom. The first kappa shape index (κ1) is 62.0. The zero-order chi connectivity index (χ0) is 55.5. The molecule has 5 amide bonds. The van der Waals surface area contributed by atoms with Crippen LogP contribution < -0.4 is 27.8 Å². The molecule has 0 radical (unpaired) electrons. The lowest BCUT2D eigenvalue weighted by Gasteiger charge is -2.41. The van der Waals surface area contributed by atoms with Gasteiger partial charge in [0, 0.05) is 68.3 Å². The Kier molecular flexibility index (Phi) is 23.9. The minimum atomic E-state index is -5.08. The zero-order valence-electron chi connectivity index (χ0n) is 40.1. The van der Waals surface area contributed by atoms with Crippen molar-refractivity contribution in [2.45, 2.75) is 95.5 Å². The van der Waals surface area contributed by atoms with Crippen molar-refractivity contribution in [3.63, 3.8) is 0 Å². The summed E-state index contributed by atoms with van der Waals surface area (Å²) in [6, 6.07) is 9.38. The van der Waals surface area contributed by atoms with E-state index in [9.17, 15) is 66.1 Å². The average Bonchev–Trinajstić information content (AvgIpc) is 3.69. The fourth-order valence-corrected chi connectivity index (χ4v) is 8.22. The summed E-state index contributed by atoms with van der Waals surface area (Å²) in [5.74, 6) is -12.6. The molecule has 12 N–H and O–H groups in total. The van der Waals surface area contributed by atoms with Gasteiger partial charge in [-0.15, -0.1) is 11.8 Å². The van der Waals surface area contributed by atoms with Crippen LogP contribution >= 0.6 is 11.8 Å². The van der Waals surface area contributed by atoms with E-state index in [1.807, 2.05) is 55.7 Å². The molecule has 5 atom stereocenters. The Labute approximate surface area is 419 Å². The number of halogens is 5. The molecule has 3 rings (SSSR count). The van der Waals surface area contributed by atoms with Crippen LogP contribution in [-0.2, 0) is 49.7 Å². The van der Waals surface area contributed by atoms with E-state index in [0.29, 0.717) is 29.6 Å². The number of hydrogen-bond donors (Lipinski definition) is 9. The maximum Gasteiger partial charge on any atom is 0.490 e. The standard InChI is InChI=1S/C44H58F2N8O11S.C2HF3O2/c1-25(55)53(39(44(2,3)4)34-18-27(29-19-28(45)10-11-30(29)46)23-52(34)22-26-8-6-5-7-9-26)16-14-31(47)41(62)50-15-17-54(33(40(49)61)12-13-37(57)58)36(56)21-51-42(63)35(20-38(59)60)66-24-32(48)43(64)65;3-2(4,5)1(6)7/h5-11,18-19,23,31-33,35,39H,12-17,20-22,24,47-48H2,1-4H3,(H2,49,61)(H,50,62)(H,51,63)(H,57,58)(H,59,60)(H,64,65);(H,6,7). The van der Waals surface area contributed by atoms with Crippen LogP contribution in [0.15, 0.2) is 60.8 Å². The van der Waals surface area contributed by atoms with Crippen LogP contribution in [0.25, 0.3) is 11.1 Å². The van der Waals surface area contributed by atoms with Crippen molar-refractivity contribution in [1.82, 2.24) is 25.0 Å². The van der Waals surface area contributed by atoms with E-state index in [4.69, 9.17) is 32.2 Å². The lowest BCUT2D eigenvalue weighted by molar-refractivity contribution is -0.192. The predicted molar refractivity (Wildman–Crippen MR) is 253 cm³/mol. The molecule has 0 spiro atoms. The first-order chi connectivity index (χ1) is 33.8. The molecule has 0 saturated carbocycles. The number of amides is 5. The number of carboxylic acid groups (broad SMARTS) is 4. The van der Waals surface area contributed by atoms with Gasteiger partial charge >= 0.3 is 30.1 Å². The van der Waals surface area contributed by atoms with Crippen molar-refractivity contribution < 1.29 is 85.5 Å². The third-order valence-corrected chi connectivity index (χ3v) is 11.9. The molecule has 3 aromatic rings. The molecule has 1 aromatic heterocycles. The van der Waals surface area contributed by atoms with Gasteiger partial charge in [-0.3, -0.25) is 38.4 Å². The largest absolute Gasteiger partial charge is 0.490 e. The number of carboxylic acids is 4. The minimum absolute atomic E-state index is 0.0249. The molecule has 402 valence electrons. The van der Waals surface area contributed by atoms with Gasteiger partial charge in [-0.1, -0.05) is 51.1 Å². The van der Waals surface area contributed by atoms with Crippen molar-refractivity contribution in [2.24, 2.45) is 22.6 Å². The fourth-order valence-electron chi connectivity index (χ4n) is 7.14. The summed E-state index contributed by atoms with van der Waals surface area (Å²) in [7, 11) is 0. The highest BCUT2D eigenvalue weighted by Gasteiger charge is 2.39. The smallest absolute Gasteiger partial charge is 0.481 e. The SMILES string of the molecule is CC(=O)N(CCC(N)C(=O)NCCN(C(=O)CNC(=O)C(CC(=O)O)SCC(N)C(=O)O)C(CCC(=O)O)C(N)=O)C(c1cc(-c2cc(F)ccc2F)cn1Cc1ccccc1)C(C)(C)C.O=C(O)C(F)(F)F. The normalized spacial score (nSPS) is 13.4. The number of primary amides is 1. The first-order valence-electron chi connectivity index (χ1n) is 22.1. The second-order valence-electron chi connectivity index (χ2n) is 17.4. The summed E-state index contributed by atoms with van der Waals surface area (Å²) in [5, 5.41) is 38.2. The summed E-state index contributed by atoms with van der Waals surface area (Å²) in [6.45, 7) is 5.75. The zero-order valence-corrected chi connectivity index (χ0v) is 40.9. The van der Waals surface area contributed by atoms with E-state index >= 15 is 4.39 Å². The summed E-state index contributed by atoms with van der Waals surface area (Å²) in [6.07, 6.45) is -5.25. The van der Waals surface area contributed by atoms with Gasteiger partial charge in [0.05, 0.1) is 30.3 Å². The molecule has 0 aliphatic heterocycles. The Bertz CT molecular complexity index is 2440. The number of thioether (sulfide) groups is 1. The maximum atomic E-state index is 15.1. The maximum absolute atomic E-state index is 15.1. The number of carbonyl (C=O) groups excluding carboxylic acids is 5. The van der Waals surface area contributed by atoms with E-state index in [2.05, 4.69) is 10.6 Å². The van der Waals surface area contributed by atoms with Crippen LogP contribution in [0.1, 0.15) is 70.7 Å². The molecule has 0 saturated heterocycles. The minimum Gasteiger partial charge on any atom is -0.481 e. The van der Waals surface area contributed by atoms with Crippen LogP contribution in [0.4, 0.5) is 22.0 Å². The number of nitrogens with two attached hydrogens (primary N) is 3. The lowest BCUT2D eigenvalue weighted by Crippen LogP contribution is -2.54. The molecule has 2 aromatic carbocycles. The molecule has 0 aliphatic carbocycles. The summed E-state index contributed by atoms with van der Waals surface area (Å²) >= 11 is 0.638. The van der Waals surface area contributed by atoms with E-state index in [0.717, 1.165) is 28.7 Å². The van der Waals surface area contributed by atoms with Gasteiger partial charge in [0.1, 0.15) is 23.7 Å². The van der Waals surface area contributed by atoms with Gasteiger partial charge in [0.2, 0.25) is 29.5 Å². The van der Waals surface area contributed by atoms with Gasteiger partial charge in [-0.05, 0) is 48.1 Å². The topological polar surface area (TPSA) is 348 Å². The summed E-state index contributed by atoms with van der Waals surface area (Å²) < 4.78 is 63.1. The van der Waals surface area contributed by atoms with Gasteiger partial charge in [-0.25, -0.2) is 13.6 Å². The molecule has 21 nitrogen and oxygen atoms in total. The number of aromatic nitrogens is 1. The number of benzene rings is 2. The molecular formula is C46H59F5N8O13S. The number of nitrogens with one attached hydrogen (secondary N) is 2. The number of hydrogen-bond acceptors (Lipinski definition) is 12. The van der Waals surface area contributed by atoms with Crippen molar-refractivity contribution in [2.75, 3.05) is 31.9 Å². The second-order valence-corrected chi connectivity index (χ2v) is 18.6. The Balaban J connectivity index is 0.00000242. The number of alkyl halides is 3. The van der Waals surface area contributed by atoms with Gasteiger partial charge in [0.25, 0.3) is 0 Å². The molecule has 5 unspecified atom stereocenters. The summed E-state index contributed by atoms with van der Waals surface area (Å²) in [4.78, 5) is 111. The first-order valence-corrected chi connectivity index (χ1v) is 23.1. The van der Waals surface area contributed by atoms with Crippen LogP contribution in [0.3, 0.4) is 0 Å². The fraction of sp³-hybridized carbons (Fsp3) is 0.457. The van der Waals surface area contributed by atoms with Crippen molar-refractivity contribution in [1.29, 1.82) is 0 Å². The number of nitrogens with zero attached hydrogens (tertiary/aromatic N) is 3. The van der Waals surface area contributed by atoms with Crippen LogP contribution in [0, 0.1) is 17.0 Å². The molecule has 27 heteroatoms. The number of carbonyl (C=O) groups is 9. The van der Waals surface area contributed by atoms with Crippen LogP contribution in [0.2, 0.25) is 0 Å². The van der Waals surface area contributed by atoms with E-state index in [-0.39, 0.29) is 36.7 Å². The molecular weight excluding hydrogens is 1000 g/mol. The quantitative estimate of drug-likeness (QED) is 0.0522. The van der Waals surface area contributed by atoms with Gasteiger partial charge < -0.3 is 62.6 Å².